The quantitative estimate of drug-likeness (QED) is 0.336. The number of aromatic amines is 1. The van der Waals surface area contributed by atoms with Crippen LogP contribution in [-0.2, 0) is 0 Å². The Labute approximate surface area is 63.7 Å². The molecule has 0 radical (unpaired) electrons. The standard InChI is InChI=1S/C4H7N5.ClH/c5-3(6)2-4(7)9-1-8-2;/h1H,7H2,(H3,5,6)(H,8,9);1H. The molecular weight excluding hydrogens is 154 g/mol. The molecule has 10 heavy (non-hydrogen) atoms. The van der Waals surface area contributed by atoms with Crippen LogP contribution in [-0.4, -0.2) is 15.8 Å². The van der Waals surface area contributed by atoms with E-state index in [1.165, 1.54) is 6.33 Å². The molecular formula is C4H8ClN5. The van der Waals surface area contributed by atoms with Crippen LogP contribution in [0.25, 0.3) is 0 Å². The van der Waals surface area contributed by atoms with E-state index in [1.807, 2.05) is 0 Å². The molecule has 0 bridgehead atoms. The number of halogens is 1. The zero-order chi connectivity index (χ0) is 6.85. The van der Waals surface area contributed by atoms with Gasteiger partial charge < -0.3 is 16.5 Å². The molecule has 0 saturated carbocycles. The first kappa shape index (κ1) is 8.77. The lowest BCUT2D eigenvalue weighted by Crippen LogP contribution is -2.13. The van der Waals surface area contributed by atoms with E-state index in [4.69, 9.17) is 16.9 Å². The first-order valence-electron chi connectivity index (χ1n) is 2.35. The van der Waals surface area contributed by atoms with E-state index in [9.17, 15) is 0 Å². The van der Waals surface area contributed by atoms with Gasteiger partial charge in [0.2, 0.25) is 0 Å². The fourth-order valence-electron chi connectivity index (χ4n) is 0.519. The van der Waals surface area contributed by atoms with Crippen molar-refractivity contribution in [3.63, 3.8) is 0 Å². The van der Waals surface area contributed by atoms with Crippen molar-refractivity contribution in [1.82, 2.24) is 9.97 Å². The van der Waals surface area contributed by atoms with Crippen molar-refractivity contribution in [2.75, 3.05) is 5.73 Å². The third-order valence-electron chi connectivity index (χ3n) is 0.924. The minimum absolute atomic E-state index is 0. The molecule has 0 spiro atoms. The first-order chi connectivity index (χ1) is 4.22. The topological polar surface area (TPSA) is 105 Å². The molecule has 0 atom stereocenters. The Balaban J connectivity index is 0.000000810. The summed E-state index contributed by atoms with van der Waals surface area (Å²) in [6, 6.07) is 0. The van der Waals surface area contributed by atoms with Crippen LogP contribution in [0, 0.1) is 5.41 Å². The molecule has 1 rings (SSSR count). The van der Waals surface area contributed by atoms with Crippen LogP contribution in [0.1, 0.15) is 5.69 Å². The minimum Gasteiger partial charge on any atom is -0.383 e. The van der Waals surface area contributed by atoms with Crippen LogP contribution in [0.15, 0.2) is 6.33 Å². The number of aromatic nitrogens is 2. The zero-order valence-corrected chi connectivity index (χ0v) is 5.90. The van der Waals surface area contributed by atoms with Crippen LogP contribution in [0.4, 0.5) is 5.82 Å². The number of nitrogen functional groups attached to an aromatic ring is 2. The van der Waals surface area contributed by atoms with Gasteiger partial charge in [0, 0.05) is 0 Å². The highest BCUT2D eigenvalue weighted by Crippen LogP contribution is 2.00. The maximum Gasteiger partial charge on any atom is 0.146 e. The highest BCUT2D eigenvalue weighted by molar-refractivity contribution is 5.96. The maximum absolute atomic E-state index is 6.91. The fourth-order valence-corrected chi connectivity index (χ4v) is 0.519. The summed E-state index contributed by atoms with van der Waals surface area (Å²) in [6.07, 6.45) is 1.39. The van der Waals surface area contributed by atoms with Crippen LogP contribution < -0.4 is 11.5 Å². The number of nitrogens with two attached hydrogens (primary N) is 2. The number of anilines is 1. The van der Waals surface area contributed by atoms with Crippen molar-refractivity contribution >= 4 is 24.1 Å². The molecule has 6 N–H and O–H groups in total. The second kappa shape index (κ2) is 3.07. The van der Waals surface area contributed by atoms with Gasteiger partial charge >= 0.3 is 0 Å². The van der Waals surface area contributed by atoms with Crippen molar-refractivity contribution < 1.29 is 0 Å². The highest BCUT2D eigenvalue weighted by Gasteiger charge is 2.02. The number of nitrogens with one attached hydrogen (secondary N) is 2. The number of hydrogen-bond acceptors (Lipinski definition) is 3. The molecule has 0 aromatic carbocycles. The lowest BCUT2D eigenvalue weighted by Gasteiger charge is -1.90. The molecule has 0 fully saturated rings. The van der Waals surface area contributed by atoms with Gasteiger partial charge in [0.1, 0.15) is 17.3 Å². The average molecular weight is 162 g/mol. The Hall–Kier alpha value is -1.23. The molecule has 0 amide bonds. The van der Waals surface area contributed by atoms with Gasteiger partial charge in [-0.15, -0.1) is 12.4 Å². The van der Waals surface area contributed by atoms with E-state index in [0.29, 0.717) is 11.5 Å². The van der Waals surface area contributed by atoms with Crippen LogP contribution >= 0.6 is 12.4 Å². The third kappa shape index (κ3) is 1.38. The Bertz CT molecular complexity index is 229. The Kier molecular flexibility index (Phi) is 2.69. The Morgan fingerprint density at radius 3 is 2.50 bits per heavy atom. The fraction of sp³-hybridized carbons (Fsp3) is 0. The molecule has 0 aliphatic heterocycles. The molecule has 0 saturated heterocycles. The van der Waals surface area contributed by atoms with Gasteiger partial charge in [-0.3, -0.25) is 5.41 Å². The average Bonchev–Trinajstić information content (AvgIpc) is 2.13. The normalized spacial score (nSPS) is 8.40. The molecule has 0 aliphatic carbocycles. The van der Waals surface area contributed by atoms with Gasteiger partial charge in [0.25, 0.3) is 0 Å². The van der Waals surface area contributed by atoms with Crippen molar-refractivity contribution in [1.29, 1.82) is 5.41 Å². The monoisotopic (exact) mass is 161 g/mol. The second-order valence-electron chi connectivity index (χ2n) is 1.58. The summed E-state index contributed by atoms with van der Waals surface area (Å²) >= 11 is 0. The first-order valence-corrected chi connectivity index (χ1v) is 2.35. The Morgan fingerprint density at radius 1 is 1.70 bits per heavy atom. The van der Waals surface area contributed by atoms with Gasteiger partial charge in [-0.1, -0.05) is 0 Å². The summed E-state index contributed by atoms with van der Waals surface area (Å²) in [4.78, 5) is 6.28. The van der Waals surface area contributed by atoms with E-state index in [-0.39, 0.29) is 18.2 Å². The highest BCUT2D eigenvalue weighted by atomic mass is 35.5. The summed E-state index contributed by atoms with van der Waals surface area (Å²) in [5, 5.41) is 6.91. The summed E-state index contributed by atoms with van der Waals surface area (Å²) in [7, 11) is 0. The second-order valence-corrected chi connectivity index (χ2v) is 1.58. The van der Waals surface area contributed by atoms with Crippen molar-refractivity contribution in [2.45, 2.75) is 0 Å². The molecule has 1 aromatic heterocycles. The molecule has 0 unspecified atom stereocenters. The molecule has 6 heteroatoms. The van der Waals surface area contributed by atoms with Gasteiger partial charge in [-0.2, -0.15) is 0 Å². The molecule has 5 nitrogen and oxygen atoms in total. The van der Waals surface area contributed by atoms with Gasteiger partial charge in [-0.25, -0.2) is 4.98 Å². The Morgan fingerprint density at radius 2 is 2.30 bits per heavy atom. The largest absolute Gasteiger partial charge is 0.383 e. The molecule has 1 aromatic rings. The van der Waals surface area contributed by atoms with E-state index < -0.39 is 0 Å². The number of amidine groups is 1. The van der Waals surface area contributed by atoms with Crippen LogP contribution in [0.2, 0.25) is 0 Å². The number of imidazole rings is 1. The predicted octanol–water partition coefficient (Wildman–Crippen LogP) is -0.302. The summed E-state index contributed by atoms with van der Waals surface area (Å²) in [6.45, 7) is 0. The molecule has 56 valence electrons. The summed E-state index contributed by atoms with van der Waals surface area (Å²) in [5.74, 6) is 0.219. The lowest BCUT2D eigenvalue weighted by molar-refractivity contribution is 1.29. The zero-order valence-electron chi connectivity index (χ0n) is 5.09. The smallest absolute Gasteiger partial charge is 0.146 e. The predicted molar refractivity (Wildman–Crippen MR) is 41.3 cm³/mol. The van der Waals surface area contributed by atoms with Crippen molar-refractivity contribution in [3.05, 3.63) is 12.0 Å². The van der Waals surface area contributed by atoms with E-state index >= 15 is 0 Å². The number of hydrogen-bond donors (Lipinski definition) is 4. The van der Waals surface area contributed by atoms with Gasteiger partial charge in [0.05, 0.1) is 6.33 Å². The summed E-state index contributed by atoms with van der Waals surface area (Å²) < 4.78 is 0. The van der Waals surface area contributed by atoms with E-state index in [1.54, 1.807) is 0 Å². The van der Waals surface area contributed by atoms with Crippen LogP contribution in [0.5, 0.6) is 0 Å². The molecule has 0 aliphatic rings. The van der Waals surface area contributed by atoms with Crippen molar-refractivity contribution in [3.8, 4) is 0 Å². The number of nitrogens with zero attached hydrogens (tertiary/aromatic N) is 1. The lowest BCUT2D eigenvalue weighted by atomic mass is 10.4. The van der Waals surface area contributed by atoms with Crippen LogP contribution in [0.3, 0.4) is 0 Å². The minimum atomic E-state index is -0.117. The van der Waals surface area contributed by atoms with Gasteiger partial charge in [-0.05, 0) is 0 Å². The van der Waals surface area contributed by atoms with Gasteiger partial charge in [0.15, 0.2) is 0 Å². The van der Waals surface area contributed by atoms with E-state index in [2.05, 4.69) is 9.97 Å². The van der Waals surface area contributed by atoms with E-state index in [0.717, 1.165) is 0 Å². The number of rotatable bonds is 1. The summed E-state index contributed by atoms with van der Waals surface area (Å²) in [5.41, 5.74) is 10.7. The SMILES string of the molecule is Cl.N=C(N)c1nc[nH]c1N. The molecule has 1 heterocycles. The maximum atomic E-state index is 6.91. The third-order valence-corrected chi connectivity index (χ3v) is 0.924. The number of H-pyrrole nitrogens is 1. The van der Waals surface area contributed by atoms with Crippen molar-refractivity contribution in [2.24, 2.45) is 5.73 Å².